The minimum Gasteiger partial charge on any atom is -0.313 e. The lowest BCUT2D eigenvalue weighted by atomic mass is 9.75. The Morgan fingerprint density at radius 1 is 1.05 bits per heavy atom. The first-order valence-corrected chi connectivity index (χ1v) is 8.56. The van der Waals surface area contributed by atoms with Crippen LogP contribution in [0.4, 0.5) is 0 Å². The normalized spacial score (nSPS) is 22.6. The number of hydrogen-bond acceptors (Lipinski definition) is 1. The quantitative estimate of drug-likeness (QED) is 0.797. The van der Waals surface area contributed by atoms with Gasteiger partial charge in [0.15, 0.2) is 0 Å². The molecule has 0 aromatic heterocycles. The molecule has 110 valence electrons. The van der Waals surface area contributed by atoms with Crippen molar-refractivity contribution in [3.8, 4) is 0 Å². The van der Waals surface area contributed by atoms with Crippen molar-refractivity contribution in [2.75, 3.05) is 6.54 Å². The van der Waals surface area contributed by atoms with Crippen LogP contribution in [0, 0.1) is 0 Å². The van der Waals surface area contributed by atoms with Crippen molar-refractivity contribution in [3.63, 3.8) is 0 Å². The van der Waals surface area contributed by atoms with Crippen LogP contribution in [0.3, 0.4) is 0 Å². The maximum atomic E-state index is 3.72. The Morgan fingerprint density at radius 3 is 2.43 bits per heavy atom. The fourth-order valence-electron chi connectivity index (χ4n) is 3.09. The first-order chi connectivity index (χ1) is 10.2. The molecule has 0 radical (unpaired) electrons. The summed E-state index contributed by atoms with van der Waals surface area (Å²) in [5.41, 5.74) is 2.89. The SMILES string of the molecule is CC(CNC1CC(c2ccccc2Br)C1)c1ccccc1. The van der Waals surface area contributed by atoms with Crippen molar-refractivity contribution >= 4 is 15.9 Å². The van der Waals surface area contributed by atoms with Gasteiger partial charge in [0.2, 0.25) is 0 Å². The van der Waals surface area contributed by atoms with Gasteiger partial charge in [-0.3, -0.25) is 0 Å². The molecule has 2 aromatic carbocycles. The fourth-order valence-corrected chi connectivity index (χ4v) is 3.70. The Kier molecular flexibility index (Phi) is 4.77. The molecule has 1 N–H and O–H groups in total. The topological polar surface area (TPSA) is 12.0 Å². The van der Waals surface area contributed by atoms with Crippen molar-refractivity contribution < 1.29 is 0 Å². The molecule has 1 saturated carbocycles. The number of rotatable bonds is 5. The molecule has 0 heterocycles. The molecule has 2 heteroatoms. The fraction of sp³-hybridized carbons (Fsp3) is 0.368. The van der Waals surface area contributed by atoms with Gasteiger partial charge in [-0.15, -0.1) is 0 Å². The average Bonchev–Trinajstić information content (AvgIpc) is 2.48. The van der Waals surface area contributed by atoms with Crippen LogP contribution in [0.15, 0.2) is 59.1 Å². The summed E-state index contributed by atoms with van der Waals surface area (Å²) in [6.07, 6.45) is 2.51. The number of halogens is 1. The smallest absolute Gasteiger partial charge is 0.0210 e. The van der Waals surface area contributed by atoms with Crippen molar-refractivity contribution in [3.05, 3.63) is 70.2 Å². The summed E-state index contributed by atoms with van der Waals surface area (Å²) in [5.74, 6) is 1.29. The van der Waals surface area contributed by atoms with Crippen LogP contribution in [0.5, 0.6) is 0 Å². The molecular weight excluding hydrogens is 322 g/mol. The van der Waals surface area contributed by atoms with E-state index in [2.05, 4.69) is 82.8 Å². The highest BCUT2D eigenvalue weighted by Gasteiger charge is 2.31. The second kappa shape index (κ2) is 6.76. The van der Waals surface area contributed by atoms with E-state index >= 15 is 0 Å². The summed E-state index contributed by atoms with van der Waals surface area (Å²) in [5, 5.41) is 3.72. The van der Waals surface area contributed by atoms with Gasteiger partial charge < -0.3 is 5.32 Å². The minimum absolute atomic E-state index is 0.578. The van der Waals surface area contributed by atoms with Gasteiger partial charge in [-0.2, -0.15) is 0 Å². The maximum Gasteiger partial charge on any atom is 0.0210 e. The zero-order chi connectivity index (χ0) is 14.7. The molecule has 2 aromatic rings. The monoisotopic (exact) mass is 343 g/mol. The van der Waals surface area contributed by atoms with Gasteiger partial charge in [0, 0.05) is 17.1 Å². The number of nitrogens with one attached hydrogen (secondary N) is 1. The van der Waals surface area contributed by atoms with Crippen LogP contribution in [0.1, 0.15) is 42.7 Å². The zero-order valence-corrected chi connectivity index (χ0v) is 14.0. The first kappa shape index (κ1) is 14.8. The van der Waals surface area contributed by atoms with E-state index in [1.807, 2.05) is 0 Å². The van der Waals surface area contributed by atoms with Crippen LogP contribution < -0.4 is 5.32 Å². The molecule has 0 aliphatic heterocycles. The van der Waals surface area contributed by atoms with E-state index in [4.69, 9.17) is 0 Å². The van der Waals surface area contributed by atoms with Crippen molar-refractivity contribution in [1.29, 1.82) is 0 Å². The lowest BCUT2D eigenvalue weighted by Gasteiger charge is -2.37. The molecule has 0 spiro atoms. The molecule has 0 saturated heterocycles. The summed E-state index contributed by atoms with van der Waals surface area (Å²) < 4.78 is 1.26. The molecule has 1 aliphatic carbocycles. The molecule has 1 aliphatic rings. The summed E-state index contributed by atoms with van der Waals surface area (Å²) in [4.78, 5) is 0. The minimum atomic E-state index is 0.578. The van der Waals surface area contributed by atoms with E-state index in [1.54, 1.807) is 0 Å². The molecule has 0 amide bonds. The van der Waals surface area contributed by atoms with Crippen LogP contribution in [-0.4, -0.2) is 12.6 Å². The molecule has 21 heavy (non-hydrogen) atoms. The van der Waals surface area contributed by atoms with E-state index in [-0.39, 0.29) is 0 Å². The van der Waals surface area contributed by atoms with E-state index < -0.39 is 0 Å². The molecule has 3 rings (SSSR count). The Balaban J connectivity index is 1.46. The lowest BCUT2D eigenvalue weighted by molar-refractivity contribution is 0.287. The number of hydrogen-bond donors (Lipinski definition) is 1. The highest BCUT2D eigenvalue weighted by molar-refractivity contribution is 9.10. The van der Waals surface area contributed by atoms with Gasteiger partial charge in [-0.1, -0.05) is 71.4 Å². The maximum absolute atomic E-state index is 3.72. The van der Waals surface area contributed by atoms with Gasteiger partial charge in [0.05, 0.1) is 0 Å². The van der Waals surface area contributed by atoms with Crippen LogP contribution in [0.25, 0.3) is 0 Å². The van der Waals surface area contributed by atoms with Gasteiger partial charge in [0.25, 0.3) is 0 Å². The van der Waals surface area contributed by atoms with E-state index in [0.717, 1.165) is 6.54 Å². The Hall–Kier alpha value is -1.12. The van der Waals surface area contributed by atoms with E-state index in [9.17, 15) is 0 Å². The molecule has 1 fully saturated rings. The Labute approximate surface area is 135 Å². The van der Waals surface area contributed by atoms with Crippen LogP contribution in [0.2, 0.25) is 0 Å². The van der Waals surface area contributed by atoms with Gasteiger partial charge in [-0.25, -0.2) is 0 Å². The lowest BCUT2D eigenvalue weighted by Crippen LogP contribution is -2.41. The van der Waals surface area contributed by atoms with Crippen molar-refractivity contribution in [2.24, 2.45) is 0 Å². The standard InChI is InChI=1S/C19H22BrN/c1-14(15-7-3-2-4-8-15)13-21-17-11-16(12-17)18-9-5-6-10-19(18)20/h2-10,14,16-17,21H,11-13H2,1H3. The summed E-state index contributed by atoms with van der Waals surface area (Å²) in [7, 11) is 0. The molecular formula is C19H22BrN. The molecule has 1 atom stereocenters. The van der Waals surface area contributed by atoms with Gasteiger partial charge >= 0.3 is 0 Å². The predicted octanol–water partition coefficient (Wildman–Crippen LogP) is 5.09. The van der Waals surface area contributed by atoms with Crippen LogP contribution >= 0.6 is 15.9 Å². The largest absolute Gasteiger partial charge is 0.313 e. The van der Waals surface area contributed by atoms with Crippen molar-refractivity contribution in [1.82, 2.24) is 5.32 Å². The Bertz CT molecular complexity index is 575. The zero-order valence-electron chi connectivity index (χ0n) is 12.4. The van der Waals surface area contributed by atoms with E-state index in [0.29, 0.717) is 17.9 Å². The molecule has 1 nitrogen and oxygen atoms in total. The third kappa shape index (κ3) is 3.56. The van der Waals surface area contributed by atoms with Crippen LogP contribution in [-0.2, 0) is 0 Å². The predicted molar refractivity (Wildman–Crippen MR) is 92.8 cm³/mol. The second-order valence-electron chi connectivity index (χ2n) is 6.11. The second-order valence-corrected chi connectivity index (χ2v) is 6.96. The van der Waals surface area contributed by atoms with E-state index in [1.165, 1.54) is 28.4 Å². The Morgan fingerprint density at radius 2 is 1.71 bits per heavy atom. The molecule has 0 bridgehead atoms. The third-order valence-corrected chi connectivity index (χ3v) is 5.29. The summed E-state index contributed by atoms with van der Waals surface area (Å²) in [6.45, 7) is 3.36. The average molecular weight is 344 g/mol. The highest BCUT2D eigenvalue weighted by Crippen LogP contribution is 2.40. The first-order valence-electron chi connectivity index (χ1n) is 7.77. The number of benzene rings is 2. The third-order valence-electron chi connectivity index (χ3n) is 4.56. The van der Waals surface area contributed by atoms with Gasteiger partial charge in [0.1, 0.15) is 0 Å². The van der Waals surface area contributed by atoms with Gasteiger partial charge in [-0.05, 0) is 41.9 Å². The highest BCUT2D eigenvalue weighted by atomic mass is 79.9. The summed E-state index contributed by atoms with van der Waals surface area (Å²) in [6, 6.07) is 20.1. The van der Waals surface area contributed by atoms with Crippen molar-refractivity contribution in [2.45, 2.75) is 37.6 Å². The summed E-state index contributed by atoms with van der Waals surface area (Å²) >= 11 is 3.66. The molecule has 1 unspecified atom stereocenters.